The van der Waals surface area contributed by atoms with E-state index >= 15 is 0 Å². The van der Waals surface area contributed by atoms with Gasteiger partial charge in [0.1, 0.15) is 0 Å². The van der Waals surface area contributed by atoms with Gasteiger partial charge in [0.05, 0.1) is 45.6 Å². The maximum absolute atomic E-state index is 5.79. The van der Waals surface area contributed by atoms with E-state index in [2.05, 4.69) is 157 Å². The summed E-state index contributed by atoms with van der Waals surface area (Å²) in [5.74, 6) is 0. The highest BCUT2D eigenvalue weighted by Gasteiger charge is 2.19. The van der Waals surface area contributed by atoms with E-state index in [1.165, 1.54) is 66.8 Å². The molecule has 8 N–H and O–H groups in total. The Morgan fingerprint density at radius 2 is 0.623 bits per heavy atom. The summed E-state index contributed by atoms with van der Waals surface area (Å²) in [6.07, 6.45) is 3.56. The van der Waals surface area contributed by atoms with E-state index < -0.39 is 0 Å². The van der Waals surface area contributed by atoms with Gasteiger partial charge in [-0.05, 0) is 133 Å². The second-order valence-corrected chi connectivity index (χ2v) is 18.0. The summed E-state index contributed by atoms with van der Waals surface area (Å²) in [6, 6.07) is 57.6. The number of aliphatic imine (C=N–C) groups is 4. The highest BCUT2D eigenvalue weighted by Crippen LogP contribution is 2.34. The molecule has 0 aromatic heterocycles. The zero-order valence-corrected chi connectivity index (χ0v) is 39.1. The van der Waals surface area contributed by atoms with Crippen LogP contribution in [0.3, 0.4) is 0 Å². The van der Waals surface area contributed by atoms with Crippen LogP contribution >= 0.6 is 0 Å². The number of hydrogen-bond donors (Lipinski definition) is 4. The first-order valence-electron chi connectivity index (χ1n) is 23.0. The number of nitrogens with zero attached hydrogens (tertiary/aromatic N) is 4. The van der Waals surface area contributed by atoms with Crippen molar-refractivity contribution in [3.05, 3.63) is 237 Å². The predicted octanol–water partition coefficient (Wildman–Crippen LogP) is 13.7. The molecule has 0 amide bonds. The first-order chi connectivity index (χ1) is 32.9. The topological polar surface area (TPSA) is 154 Å². The lowest BCUT2D eigenvalue weighted by Crippen LogP contribution is -2.00. The SMILES string of the molecule is C.Cc1ccc(C2=Nc3cc(N)ccc3C2)cc1.Cc1ccc(C2=Nc3ccc(N)cc3C2)cc1.Cc1cccc(C2=Nc3cc(N)ccc3C2)c1.Cc1cccc(C2=Nc3ccc(N)cc3C2)c1. The molecule has 4 aliphatic heterocycles. The van der Waals surface area contributed by atoms with E-state index in [9.17, 15) is 0 Å². The Kier molecular flexibility index (Phi) is 14.1. The van der Waals surface area contributed by atoms with E-state index in [4.69, 9.17) is 22.9 Å². The molecule has 0 bridgehead atoms. The lowest BCUT2D eigenvalue weighted by atomic mass is 10.0. The number of rotatable bonds is 4. The fraction of sp³-hybridized carbons (Fsp3) is 0.148. The Morgan fingerprint density at radius 3 is 1.01 bits per heavy atom. The lowest BCUT2D eigenvalue weighted by molar-refractivity contribution is 1.38. The van der Waals surface area contributed by atoms with Crippen molar-refractivity contribution in [3.8, 4) is 0 Å². The smallest absolute Gasteiger partial charge is 0.0689 e. The molecule has 344 valence electrons. The van der Waals surface area contributed by atoms with Crippen LogP contribution < -0.4 is 22.9 Å². The number of anilines is 4. The van der Waals surface area contributed by atoms with Crippen molar-refractivity contribution < 1.29 is 0 Å². The summed E-state index contributed by atoms with van der Waals surface area (Å²) in [4.78, 5) is 18.6. The van der Waals surface area contributed by atoms with E-state index in [1.54, 1.807) is 0 Å². The standard InChI is InChI=1S/4C15H14N2.CH4/c1-10-2-4-11(5-3-10)15-9-12-8-13(16)6-7-14(12)17-15;1-10-2-4-11(5-3-10)14-8-12-6-7-13(16)9-15(12)17-14;1-10-3-2-4-11(7-10)15-9-12-8-13(16)5-6-14(12)17-15;1-10-3-2-4-11(7-10)14-8-12-5-6-13(16)9-15(12)17-14;/h2-8H,9,16H2,1H3;2-7,9H,8,16H2,1H3;2-8H,9,16H2,1H3;2-7,9H,8,16H2,1H3;1H4. The van der Waals surface area contributed by atoms with Gasteiger partial charge >= 0.3 is 0 Å². The van der Waals surface area contributed by atoms with Gasteiger partial charge in [-0.2, -0.15) is 0 Å². The molecule has 8 heteroatoms. The average Bonchev–Trinajstić information content (AvgIpc) is 4.15. The van der Waals surface area contributed by atoms with Crippen LogP contribution in [0.4, 0.5) is 45.5 Å². The molecule has 0 fully saturated rings. The lowest BCUT2D eigenvalue weighted by Gasteiger charge is -2.01. The van der Waals surface area contributed by atoms with Gasteiger partial charge in [-0.15, -0.1) is 0 Å². The Balaban J connectivity index is 0.000000123. The number of nitrogen functional groups attached to an aromatic ring is 4. The summed E-state index contributed by atoms with van der Waals surface area (Å²) in [5.41, 5.74) is 49.8. The van der Waals surface area contributed by atoms with Crippen LogP contribution in [0, 0.1) is 27.7 Å². The highest BCUT2D eigenvalue weighted by atomic mass is 14.8. The summed E-state index contributed by atoms with van der Waals surface area (Å²) in [6.45, 7) is 8.39. The molecule has 0 unspecified atom stereocenters. The molecule has 0 aliphatic carbocycles. The normalized spacial score (nSPS) is 13.2. The van der Waals surface area contributed by atoms with Crippen LogP contribution in [0.25, 0.3) is 0 Å². The van der Waals surface area contributed by atoms with Crippen molar-refractivity contribution in [1.29, 1.82) is 0 Å². The molecule has 12 rings (SSSR count). The molecule has 4 heterocycles. The summed E-state index contributed by atoms with van der Waals surface area (Å²) >= 11 is 0. The van der Waals surface area contributed by atoms with Gasteiger partial charge in [0.15, 0.2) is 0 Å². The van der Waals surface area contributed by atoms with Crippen LogP contribution in [0.15, 0.2) is 190 Å². The van der Waals surface area contributed by atoms with E-state index in [0.717, 1.165) is 94.0 Å². The van der Waals surface area contributed by atoms with E-state index in [-0.39, 0.29) is 7.43 Å². The van der Waals surface area contributed by atoms with Crippen molar-refractivity contribution in [1.82, 2.24) is 0 Å². The molecule has 4 aliphatic rings. The van der Waals surface area contributed by atoms with Crippen LogP contribution in [0.5, 0.6) is 0 Å². The zero-order valence-electron chi connectivity index (χ0n) is 39.1. The van der Waals surface area contributed by atoms with Crippen molar-refractivity contribution in [2.75, 3.05) is 22.9 Å². The Morgan fingerprint density at radius 1 is 0.290 bits per heavy atom. The number of benzene rings is 8. The maximum Gasteiger partial charge on any atom is 0.0689 e. The molecule has 0 atom stereocenters. The highest BCUT2D eigenvalue weighted by molar-refractivity contribution is 6.09. The van der Waals surface area contributed by atoms with E-state index in [1.807, 2.05) is 60.7 Å². The fourth-order valence-corrected chi connectivity index (χ4v) is 8.65. The van der Waals surface area contributed by atoms with Gasteiger partial charge in [0.2, 0.25) is 0 Å². The molecular weight excluding hydrogens is 845 g/mol. The van der Waals surface area contributed by atoms with Gasteiger partial charge in [-0.25, -0.2) is 0 Å². The van der Waals surface area contributed by atoms with Gasteiger partial charge < -0.3 is 22.9 Å². The van der Waals surface area contributed by atoms with Crippen LogP contribution in [-0.2, 0) is 25.7 Å². The largest absolute Gasteiger partial charge is 0.399 e. The minimum Gasteiger partial charge on any atom is -0.399 e. The Bertz CT molecular complexity index is 3300. The maximum atomic E-state index is 5.79. The molecule has 8 aromatic rings. The summed E-state index contributed by atoms with van der Waals surface area (Å²) in [5, 5.41) is 0. The van der Waals surface area contributed by atoms with Crippen molar-refractivity contribution >= 4 is 68.3 Å². The first kappa shape index (κ1) is 47.1. The molecule has 0 radical (unpaired) electrons. The molecule has 8 aromatic carbocycles. The molecule has 8 nitrogen and oxygen atoms in total. The Labute approximate surface area is 407 Å². The van der Waals surface area contributed by atoms with Crippen molar-refractivity contribution in [2.45, 2.75) is 60.8 Å². The van der Waals surface area contributed by atoms with Crippen LogP contribution in [-0.4, -0.2) is 22.8 Å². The van der Waals surface area contributed by atoms with Crippen LogP contribution in [0.2, 0.25) is 0 Å². The number of nitrogens with two attached hydrogens (primary N) is 4. The quantitative estimate of drug-likeness (QED) is 0.130. The minimum absolute atomic E-state index is 0. The predicted molar refractivity (Wildman–Crippen MR) is 294 cm³/mol. The number of hydrogen-bond acceptors (Lipinski definition) is 8. The van der Waals surface area contributed by atoms with Gasteiger partial charge in [-0.3, -0.25) is 20.0 Å². The Hall–Kier alpha value is -8.36. The first-order valence-corrected chi connectivity index (χ1v) is 23.0. The third-order valence-electron chi connectivity index (χ3n) is 12.4. The number of fused-ring (bicyclic) bond motifs is 4. The summed E-state index contributed by atoms with van der Waals surface area (Å²) < 4.78 is 0. The zero-order chi connectivity index (χ0) is 47.3. The second kappa shape index (κ2) is 20.7. The van der Waals surface area contributed by atoms with E-state index in [0.29, 0.717) is 0 Å². The molecule has 0 saturated heterocycles. The minimum atomic E-state index is 0. The summed E-state index contributed by atoms with van der Waals surface area (Å²) in [7, 11) is 0. The molecular formula is C61H60N8. The van der Waals surface area contributed by atoms with Gasteiger partial charge in [0, 0.05) is 48.4 Å². The monoisotopic (exact) mass is 904 g/mol. The second-order valence-electron chi connectivity index (χ2n) is 18.0. The molecule has 0 saturated carbocycles. The third-order valence-corrected chi connectivity index (χ3v) is 12.4. The molecule has 69 heavy (non-hydrogen) atoms. The van der Waals surface area contributed by atoms with Gasteiger partial charge in [-0.1, -0.05) is 139 Å². The van der Waals surface area contributed by atoms with Crippen LogP contribution in [0.1, 0.15) is 74.2 Å². The fourth-order valence-electron chi connectivity index (χ4n) is 8.65. The van der Waals surface area contributed by atoms with Gasteiger partial charge in [0.25, 0.3) is 0 Å². The molecule has 0 spiro atoms. The third kappa shape index (κ3) is 11.4. The van der Waals surface area contributed by atoms with Crippen molar-refractivity contribution in [2.24, 2.45) is 20.0 Å². The average molecular weight is 905 g/mol. The van der Waals surface area contributed by atoms with Crippen molar-refractivity contribution in [3.63, 3.8) is 0 Å². The number of aryl methyl sites for hydroxylation is 4.